The van der Waals surface area contributed by atoms with Gasteiger partial charge < -0.3 is 14.6 Å². The van der Waals surface area contributed by atoms with E-state index in [0.717, 1.165) is 0 Å². The van der Waals surface area contributed by atoms with Gasteiger partial charge in [-0.25, -0.2) is 14.8 Å². The Labute approximate surface area is 98.8 Å². The number of carbonyl (C=O) groups excluding carboxylic acids is 1. The van der Waals surface area contributed by atoms with Crippen molar-refractivity contribution in [3.05, 3.63) is 12.4 Å². The van der Waals surface area contributed by atoms with E-state index in [0.29, 0.717) is 5.69 Å². The molecular weight excluding hydrogens is 226 g/mol. The number of nitrogens with one attached hydrogen (secondary N) is 1. The summed E-state index contributed by atoms with van der Waals surface area (Å²) in [4.78, 5) is 18.9. The maximum Gasteiger partial charge on any atom is 0.411 e. The highest BCUT2D eigenvalue weighted by atomic mass is 16.6. The van der Waals surface area contributed by atoms with Crippen LogP contribution in [0.15, 0.2) is 12.4 Å². The highest BCUT2D eigenvalue weighted by Gasteiger charge is 2.06. The quantitative estimate of drug-likeness (QED) is 0.792. The molecule has 7 nitrogen and oxygen atoms in total. The highest BCUT2D eigenvalue weighted by molar-refractivity contribution is 5.84. The largest absolute Gasteiger partial charge is 0.461 e. The normalized spacial score (nSPS) is 10.1. The molecule has 0 atom stereocenters. The summed E-state index contributed by atoms with van der Waals surface area (Å²) in [5.41, 5.74) is 0.409. The summed E-state index contributed by atoms with van der Waals surface area (Å²) in [6.45, 7) is 3.52. The summed E-state index contributed by atoms with van der Waals surface area (Å²) in [6, 6.07) is 0.141. The van der Waals surface area contributed by atoms with E-state index in [1.807, 2.05) is 0 Å². The Morgan fingerprint density at radius 1 is 1.47 bits per heavy atom. The number of ether oxygens (including phenoxy) is 2. The second kappa shape index (κ2) is 6.64. The Hall–Kier alpha value is -1.89. The van der Waals surface area contributed by atoms with Crippen LogP contribution in [0.2, 0.25) is 0 Å². The molecular formula is C10H15N3O4. The first-order valence-corrected chi connectivity index (χ1v) is 5.15. The number of carbonyl (C=O) groups is 1. The van der Waals surface area contributed by atoms with Crippen molar-refractivity contribution in [2.24, 2.45) is 0 Å². The molecule has 1 amide bonds. The zero-order chi connectivity index (χ0) is 12.7. The van der Waals surface area contributed by atoms with Gasteiger partial charge in [-0.15, -0.1) is 0 Å². The van der Waals surface area contributed by atoms with Gasteiger partial charge in [0.05, 0.1) is 30.8 Å². The number of aliphatic hydroxyl groups excluding tert-OH is 1. The van der Waals surface area contributed by atoms with Crippen molar-refractivity contribution in [1.29, 1.82) is 0 Å². The molecule has 1 heterocycles. The van der Waals surface area contributed by atoms with Crippen LogP contribution in [-0.2, 0) is 4.74 Å². The number of hydrogen-bond acceptors (Lipinski definition) is 6. The van der Waals surface area contributed by atoms with Crippen molar-refractivity contribution in [2.75, 3.05) is 18.5 Å². The fraction of sp³-hybridized carbons (Fsp3) is 0.500. The molecule has 1 aromatic rings. The maximum absolute atomic E-state index is 11.2. The zero-order valence-electron chi connectivity index (χ0n) is 9.71. The molecule has 0 aliphatic rings. The molecule has 0 saturated heterocycles. The first-order valence-electron chi connectivity index (χ1n) is 5.15. The van der Waals surface area contributed by atoms with Gasteiger partial charge in [0.15, 0.2) is 0 Å². The molecule has 17 heavy (non-hydrogen) atoms. The summed E-state index contributed by atoms with van der Waals surface area (Å²) >= 11 is 0. The van der Waals surface area contributed by atoms with Gasteiger partial charge in [-0.3, -0.25) is 5.32 Å². The average molecular weight is 241 g/mol. The standard InChI is InChI=1S/C10H15N3O4/c1-7(2)17-10(15)13-8-5-11-9(12-6-8)16-4-3-14/h5-7,14H,3-4H2,1-2H3,(H,13,15). The molecule has 94 valence electrons. The highest BCUT2D eigenvalue weighted by Crippen LogP contribution is 2.07. The molecule has 0 bridgehead atoms. The van der Waals surface area contributed by atoms with Crippen LogP contribution in [-0.4, -0.2) is 40.5 Å². The lowest BCUT2D eigenvalue weighted by Gasteiger charge is -2.09. The molecule has 7 heteroatoms. The fourth-order valence-corrected chi connectivity index (χ4v) is 0.954. The van der Waals surface area contributed by atoms with Gasteiger partial charge in [-0.05, 0) is 13.8 Å². The molecule has 0 saturated carbocycles. The van der Waals surface area contributed by atoms with E-state index in [9.17, 15) is 4.79 Å². The zero-order valence-corrected chi connectivity index (χ0v) is 9.71. The van der Waals surface area contributed by atoms with Crippen LogP contribution in [0.5, 0.6) is 6.01 Å². The number of aromatic nitrogens is 2. The van der Waals surface area contributed by atoms with Crippen LogP contribution in [0.3, 0.4) is 0 Å². The summed E-state index contributed by atoms with van der Waals surface area (Å²) < 4.78 is 9.84. The Bertz CT molecular complexity index is 353. The third-order valence-corrected chi connectivity index (χ3v) is 1.54. The Morgan fingerprint density at radius 2 is 2.12 bits per heavy atom. The Morgan fingerprint density at radius 3 is 2.65 bits per heavy atom. The van der Waals surface area contributed by atoms with Crippen LogP contribution < -0.4 is 10.1 Å². The minimum absolute atomic E-state index is 0.107. The lowest BCUT2D eigenvalue weighted by atomic mass is 10.5. The number of aliphatic hydroxyl groups is 1. The van der Waals surface area contributed by atoms with Gasteiger partial charge in [0.2, 0.25) is 0 Å². The van der Waals surface area contributed by atoms with E-state index in [4.69, 9.17) is 14.6 Å². The number of rotatable bonds is 5. The van der Waals surface area contributed by atoms with Crippen LogP contribution in [0, 0.1) is 0 Å². The third kappa shape index (κ3) is 5.12. The van der Waals surface area contributed by atoms with E-state index in [1.54, 1.807) is 13.8 Å². The average Bonchev–Trinajstić information content (AvgIpc) is 2.27. The number of nitrogens with zero attached hydrogens (tertiary/aromatic N) is 2. The van der Waals surface area contributed by atoms with Crippen molar-refractivity contribution >= 4 is 11.8 Å². The smallest absolute Gasteiger partial charge is 0.411 e. The molecule has 0 radical (unpaired) electrons. The van der Waals surface area contributed by atoms with Crippen molar-refractivity contribution in [3.63, 3.8) is 0 Å². The van der Waals surface area contributed by atoms with Crippen molar-refractivity contribution < 1.29 is 19.4 Å². The Kier molecular flexibility index (Phi) is 5.15. The third-order valence-electron chi connectivity index (χ3n) is 1.54. The number of amides is 1. The molecule has 0 aliphatic carbocycles. The van der Waals surface area contributed by atoms with Crippen molar-refractivity contribution in [2.45, 2.75) is 20.0 Å². The van der Waals surface area contributed by atoms with Gasteiger partial charge in [-0.2, -0.15) is 0 Å². The van der Waals surface area contributed by atoms with Gasteiger partial charge >= 0.3 is 12.1 Å². The van der Waals surface area contributed by atoms with Gasteiger partial charge in [0.1, 0.15) is 6.61 Å². The van der Waals surface area contributed by atoms with Crippen LogP contribution in [0.25, 0.3) is 0 Å². The van der Waals surface area contributed by atoms with Crippen LogP contribution in [0.1, 0.15) is 13.8 Å². The summed E-state index contributed by atoms with van der Waals surface area (Å²) in [7, 11) is 0. The number of hydrogen-bond donors (Lipinski definition) is 2. The van der Waals surface area contributed by atoms with Crippen molar-refractivity contribution in [1.82, 2.24) is 9.97 Å². The topological polar surface area (TPSA) is 93.6 Å². The molecule has 0 spiro atoms. The minimum atomic E-state index is -0.562. The SMILES string of the molecule is CC(C)OC(=O)Nc1cnc(OCCO)nc1. The van der Waals surface area contributed by atoms with Gasteiger partial charge in [-0.1, -0.05) is 0 Å². The Balaban J connectivity index is 2.47. The monoisotopic (exact) mass is 241 g/mol. The van der Waals surface area contributed by atoms with Crippen molar-refractivity contribution in [3.8, 4) is 6.01 Å². The van der Waals surface area contributed by atoms with E-state index in [-0.39, 0.29) is 25.3 Å². The molecule has 0 fully saturated rings. The second-order valence-electron chi connectivity index (χ2n) is 3.41. The van der Waals surface area contributed by atoms with Gasteiger partial charge in [0, 0.05) is 0 Å². The molecule has 1 rings (SSSR count). The van der Waals surface area contributed by atoms with E-state index in [1.165, 1.54) is 12.4 Å². The summed E-state index contributed by atoms with van der Waals surface area (Å²) in [5, 5.41) is 11.0. The molecule has 0 aliphatic heterocycles. The molecule has 2 N–H and O–H groups in total. The fourth-order valence-electron chi connectivity index (χ4n) is 0.954. The summed E-state index contributed by atoms with van der Waals surface area (Å²) in [5.74, 6) is 0. The number of anilines is 1. The first-order chi connectivity index (χ1) is 8.11. The molecule has 0 unspecified atom stereocenters. The predicted octanol–water partition coefficient (Wildman–Crippen LogP) is 0.805. The van der Waals surface area contributed by atoms with Gasteiger partial charge in [0.25, 0.3) is 0 Å². The van der Waals surface area contributed by atoms with Crippen LogP contribution >= 0.6 is 0 Å². The van der Waals surface area contributed by atoms with E-state index < -0.39 is 6.09 Å². The molecule has 0 aromatic carbocycles. The lowest BCUT2D eigenvalue weighted by Crippen LogP contribution is -2.18. The predicted molar refractivity (Wildman–Crippen MR) is 59.9 cm³/mol. The van der Waals surface area contributed by atoms with E-state index in [2.05, 4.69) is 15.3 Å². The first kappa shape index (κ1) is 13.2. The molecule has 1 aromatic heterocycles. The van der Waals surface area contributed by atoms with E-state index >= 15 is 0 Å². The van der Waals surface area contributed by atoms with Crippen LogP contribution in [0.4, 0.5) is 10.5 Å². The lowest BCUT2D eigenvalue weighted by molar-refractivity contribution is 0.130. The summed E-state index contributed by atoms with van der Waals surface area (Å²) in [6.07, 6.45) is 2.03. The maximum atomic E-state index is 11.2. The minimum Gasteiger partial charge on any atom is -0.461 e. The second-order valence-corrected chi connectivity index (χ2v) is 3.41.